The quantitative estimate of drug-likeness (QED) is 0.331. The van der Waals surface area contributed by atoms with Crippen molar-refractivity contribution >= 4 is 41.2 Å². The van der Waals surface area contributed by atoms with E-state index in [0.717, 1.165) is 0 Å². The summed E-state index contributed by atoms with van der Waals surface area (Å²) in [5.41, 5.74) is 0.834. The van der Waals surface area contributed by atoms with Crippen LogP contribution in [0.3, 0.4) is 0 Å². The first-order chi connectivity index (χ1) is 15.3. The number of nitrogens with one attached hydrogen (secondary N) is 1. The van der Waals surface area contributed by atoms with Crippen LogP contribution in [0.25, 0.3) is 6.08 Å². The van der Waals surface area contributed by atoms with E-state index in [0.29, 0.717) is 16.8 Å². The van der Waals surface area contributed by atoms with Crippen molar-refractivity contribution < 1.29 is 33.7 Å². The van der Waals surface area contributed by atoms with Crippen LogP contribution in [-0.4, -0.2) is 43.3 Å². The lowest BCUT2D eigenvalue weighted by Gasteiger charge is -2.12. The van der Waals surface area contributed by atoms with Crippen molar-refractivity contribution in [2.45, 2.75) is 6.92 Å². The molecule has 9 nitrogen and oxygen atoms in total. The third kappa shape index (κ3) is 6.48. The van der Waals surface area contributed by atoms with Gasteiger partial charge in [0.1, 0.15) is 11.6 Å². The Balaban J connectivity index is 2.22. The Hall–Kier alpha value is -4.03. The number of carboxylic acid groups (broad SMARTS) is 1. The molecule has 0 aromatic heterocycles. The maximum atomic E-state index is 12.5. The molecule has 32 heavy (non-hydrogen) atoms. The van der Waals surface area contributed by atoms with Crippen LogP contribution < -0.4 is 14.8 Å². The second-order valence-electron chi connectivity index (χ2n) is 6.14. The predicted octanol–water partition coefficient (Wildman–Crippen LogP) is 3.53. The predicted molar refractivity (Wildman–Crippen MR) is 116 cm³/mol. The van der Waals surface area contributed by atoms with Gasteiger partial charge >= 0.3 is 11.9 Å². The van der Waals surface area contributed by atoms with Gasteiger partial charge in [-0.05, 0) is 55.0 Å². The highest BCUT2D eigenvalue weighted by Crippen LogP contribution is 2.37. The molecule has 0 bridgehead atoms. The van der Waals surface area contributed by atoms with Gasteiger partial charge in [0.15, 0.2) is 18.1 Å². The third-order valence-corrected chi connectivity index (χ3v) is 4.20. The van der Waals surface area contributed by atoms with Crippen LogP contribution in [-0.2, 0) is 14.3 Å². The van der Waals surface area contributed by atoms with Gasteiger partial charge < -0.3 is 24.6 Å². The molecule has 0 aliphatic rings. The summed E-state index contributed by atoms with van der Waals surface area (Å²) in [5, 5.41) is 20.8. The standard InChI is InChI=1S/C22H19ClN2O7/c1-3-31-22(29)14-4-6-16(7-5-14)25-21(28)15(11-24)8-13-9-17(23)20(18(10-13)30-2)32-12-19(26)27/h4-10H,3,12H2,1-2H3,(H,25,28)(H,26,27)/b15-8+. The number of esters is 1. The molecule has 0 heterocycles. The lowest BCUT2D eigenvalue weighted by Crippen LogP contribution is -2.14. The maximum Gasteiger partial charge on any atom is 0.341 e. The van der Waals surface area contributed by atoms with Crippen LogP contribution in [0.2, 0.25) is 5.02 Å². The van der Waals surface area contributed by atoms with Crippen LogP contribution >= 0.6 is 11.6 Å². The average molecular weight is 459 g/mol. The molecule has 0 fully saturated rings. The molecule has 166 valence electrons. The lowest BCUT2D eigenvalue weighted by atomic mass is 10.1. The first-order valence-electron chi connectivity index (χ1n) is 9.21. The SMILES string of the molecule is CCOC(=O)c1ccc(NC(=O)/C(C#N)=C/c2cc(Cl)c(OCC(=O)O)c(OC)c2)cc1. The van der Waals surface area contributed by atoms with Crippen molar-refractivity contribution in [2.24, 2.45) is 0 Å². The fourth-order valence-electron chi connectivity index (χ4n) is 2.51. The molecule has 0 unspecified atom stereocenters. The number of halogens is 1. The Morgan fingerprint density at radius 2 is 1.91 bits per heavy atom. The largest absolute Gasteiger partial charge is 0.493 e. The summed E-state index contributed by atoms with van der Waals surface area (Å²) in [6, 6.07) is 10.7. The van der Waals surface area contributed by atoms with Gasteiger partial charge in [0, 0.05) is 5.69 Å². The van der Waals surface area contributed by atoms with E-state index in [1.807, 2.05) is 6.07 Å². The number of benzene rings is 2. The molecule has 0 aliphatic heterocycles. The minimum absolute atomic E-state index is 0.0263. The van der Waals surface area contributed by atoms with E-state index in [2.05, 4.69) is 5.32 Å². The molecule has 0 saturated carbocycles. The number of carbonyl (C=O) groups is 3. The highest BCUT2D eigenvalue weighted by atomic mass is 35.5. The normalized spacial score (nSPS) is 10.6. The van der Waals surface area contributed by atoms with Crippen LogP contribution in [0.1, 0.15) is 22.8 Å². The van der Waals surface area contributed by atoms with E-state index < -0.39 is 24.5 Å². The molecule has 0 atom stereocenters. The third-order valence-electron chi connectivity index (χ3n) is 3.92. The van der Waals surface area contributed by atoms with Gasteiger partial charge in [-0.2, -0.15) is 5.26 Å². The van der Waals surface area contributed by atoms with Crippen LogP contribution in [0, 0.1) is 11.3 Å². The summed E-state index contributed by atoms with van der Waals surface area (Å²) in [6.07, 6.45) is 1.29. The second kappa shape index (κ2) is 11.4. The van der Waals surface area contributed by atoms with Gasteiger partial charge in [-0.1, -0.05) is 11.6 Å². The zero-order chi connectivity index (χ0) is 23.7. The van der Waals surface area contributed by atoms with E-state index in [1.165, 1.54) is 49.6 Å². The number of hydrogen-bond acceptors (Lipinski definition) is 7. The number of hydrogen-bond donors (Lipinski definition) is 2. The molecule has 0 aliphatic carbocycles. The molecular weight excluding hydrogens is 440 g/mol. The van der Waals surface area contributed by atoms with E-state index >= 15 is 0 Å². The topological polar surface area (TPSA) is 135 Å². The Bertz CT molecular complexity index is 1090. The monoisotopic (exact) mass is 458 g/mol. The Labute approximate surface area is 188 Å². The molecule has 2 aromatic rings. The zero-order valence-electron chi connectivity index (χ0n) is 17.2. The molecule has 0 radical (unpaired) electrons. The number of anilines is 1. The summed E-state index contributed by atoms with van der Waals surface area (Å²) in [4.78, 5) is 34.9. The van der Waals surface area contributed by atoms with Gasteiger partial charge in [0.05, 0.1) is 24.3 Å². The summed E-state index contributed by atoms with van der Waals surface area (Å²) >= 11 is 6.15. The van der Waals surface area contributed by atoms with Crippen molar-refractivity contribution in [3.8, 4) is 17.6 Å². The van der Waals surface area contributed by atoms with E-state index in [-0.39, 0.29) is 28.7 Å². The number of aliphatic carboxylic acids is 1. The number of carbonyl (C=O) groups excluding carboxylic acids is 2. The highest BCUT2D eigenvalue weighted by molar-refractivity contribution is 6.32. The van der Waals surface area contributed by atoms with Crippen LogP contribution in [0.15, 0.2) is 42.0 Å². The van der Waals surface area contributed by atoms with Gasteiger partial charge in [0.25, 0.3) is 5.91 Å². The zero-order valence-corrected chi connectivity index (χ0v) is 17.9. The molecular formula is C22H19ClN2O7. The van der Waals surface area contributed by atoms with Crippen molar-refractivity contribution in [2.75, 3.05) is 25.6 Å². The van der Waals surface area contributed by atoms with E-state index in [9.17, 15) is 19.6 Å². The smallest absolute Gasteiger partial charge is 0.341 e. The number of rotatable bonds is 9. The van der Waals surface area contributed by atoms with E-state index in [4.69, 9.17) is 30.9 Å². The van der Waals surface area contributed by atoms with Crippen molar-refractivity contribution in [1.82, 2.24) is 0 Å². The number of nitriles is 1. The Morgan fingerprint density at radius 3 is 2.47 bits per heavy atom. The van der Waals surface area contributed by atoms with Crippen molar-refractivity contribution in [1.29, 1.82) is 5.26 Å². The first-order valence-corrected chi connectivity index (χ1v) is 9.59. The number of methoxy groups -OCH3 is 1. The number of amides is 1. The minimum atomic E-state index is -1.19. The molecule has 0 spiro atoms. The van der Waals surface area contributed by atoms with Crippen molar-refractivity contribution in [3.05, 3.63) is 58.1 Å². The fraction of sp³-hybridized carbons (Fsp3) is 0.182. The van der Waals surface area contributed by atoms with Crippen molar-refractivity contribution in [3.63, 3.8) is 0 Å². The molecule has 1 amide bonds. The van der Waals surface area contributed by atoms with Crippen LogP contribution in [0.5, 0.6) is 11.5 Å². The second-order valence-corrected chi connectivity index (χ2v) is 6.55. The first kappa shape index (κ1) is 24.2. The summed E-state index contributed by atoms with van der Waals surface area (Å²) < 4.78 is 15.2. The van der Waals surface area contributed by atoms with Crippen LogP contribution in [0.4, 0.5) is 5.69 Å². The lowest BCUT2D eigenvalue weighted by molar-refractivity contribution is -0.139. The van der Waals surface area contributed by atoms with Gasteiger partial charge in [-0.25, -0.2) is 9.59 Å². The van der Waals surface area contributed by atoms with Gasteiger partial charge in [-0.3, -0.25) is 4.79 Å². The fourth-order valence-corrected chi connectivity index (χ4v) is 2.79. The molecule has 0 saturated heterocycles. The molecule has 10 heteroatoms. The van der Waals surface area contributed by atoms with Gasteiger partial charge in [0.2, 0.25) is 0 Å². The summed E-state index contributed by atoms with van der Waals surface area (Å²) in [5.74, 6) is -2.19. The molecule has 2 N–H and O–H groups in total. The number of carboxylic acids is 1. The number of ether oxygens (including phenoxy) is 3. The highest BCUT2D eigenvalue weighted by Gasteiger charge is 2.15. The summed E-state index contributed by atoms with van der Waals surface area (Å²) in [7, 11) is 1.34. The van der Waals surface area contributed by atoms with E-state index in [1.54, 1.807) is 6.92 Å². The Kier molecular flexibility index (Phi) is 8.63. The average Bonchev–Trinajstić information content (AvgIpc) is 2.76. The van der Waals surface area contributed by atoms with Gasteiger partial charge in [-0.15, -0.1) is 0 Å². The molecule has 2 rings (SSSR count). The Morgan fingerprint density at radius 1 is 1.22 bits per heavy atom. The maximum absolute atomic E-state index is 12.5. The summed E-state index contributed by atoms with van der Waals surface area (Å²) in [6.45, 7) is 1.32. The minimum Gasteiger partial charge on any atom is -0.493 e. The molecule has 2 aromatic carbocycles. The number of nitrogens with zero attached hydrogens (tertiary/aromatic N) is 1.